The lowest BCUT2D eigenvalue weighted by molar-refractivity contribution is 0.223. The summed E-state index contributed by atoms with van der Waals surface area (Å²) in [5, 5.41) is 6.60. The Hall–Kier alpha value is -1.13. The fourth-order valence-corrected chi connectivity index (χ4v) is 2.93. The minimum absolute atomic E-state index is 0. The molecule has 154 valence electrons. The third kappa shape index (κ3) is 9.57. The maximum absolute atomic E-state index is 13.2. The molecule has 1 heterocycles. The molecule has 1 atom stereocenters. The molecule has 1 fully saturated rings. The maximum atomic E-state index is 13.2. The van der Waals surface area contributed by atoms with E-state index in [0.717, 1.165) is 38.7 Å². The Morgan fingerprint density at radius 2 is 2.07 bits per heavy atom. The highest BCUT2D eigenvalue weighted by Crippen LogP contribution is 2.13. The number of hydrogen-bond donors (Lipinski definition) is 2. The molecule has 1 aliphatic heterocycles. The van der Waals surface area contributed by atoms with Crippen LogP contribution < -0.4 is 15.4 Å². The summed E-state index contributed by atoms with van der Waals surface area (Å²) in [4.78, 5) is 9.11. The van der Waals surface area contributed by atoms with Crippen molar-refractivity contribution in [3.8, 4) is 5.75 Å². The minimum Gasteiger partial charge on any atom is -0.489 e. The molecule has 8 heteroatoms. The predicted molar refractivity (Wildman–Crippen MR) is 120 cm³/mol. The molecule has 2 N–H and O–H groups in total. The van der Waals surface area contributed by atoms with Crippen LogP contribution >= 0.6 is 24.0 Å². The molecule has 1 aromatic rings. The molecule has 6 nitrogen and oxygen atoms in total. The van der Waals surface area contributed by atoms with E-state index in [1.165, 1.54) is 25.1 Å². The van der Waals surface area contributed by atoms with E-state index in [0.29, 0.717) is 12.3 Å². The highest BCUT2D eigenvalue weighted by Gasteiger charge is 2.12. The van der Waals surface area contributed by atoms with Gasteiger partial charge < -0.3 is 25.2 Å². The number of guanidine groups is 1. The Bertz CT molecular complexity index is 575. The SMILES string of the molecule is CN=C(NCCN1CCCN(C)CC1)NCC(C)Oc1cccc(F)c1.I. The van der Waals surface area contributed by atoms with Crippen LogP contribution in [0.15, 0.2) is 29.3 Å². The Morgan fingerprint density at radius 1 is 1.26 bits per heavy atom. The van der Waals surface area contributed by atoms with Gasteiger partial charge in [0.2, 0.25) is 0 Å². The molecule has 0 saturated carbocycles. The normalized spacial score (nSPS) is 17.6. The summed E-state index contributed by atoms with van der Waals surface area (Å²) >= 11 is 0. The van der Waals surface area contributed by atoms with Crippen molar-refractivity contribution in [3.05, 3.63) is 30.1 Å². The predicted octanol–water partition coefficient (Wildman–Crippen LogP) is 2.01. The summed E-state index contributed by atoms with van der Waals surface area (Å²) in [6.45, 7) is 8.95. The van der Waals surface area contributed by atoms with Crippen LogP contribution in [0.3, 0.4) is 0 Å². The van der Waals surface area contributed by atoms with Crippen LogP contribution in [0.2, 0.25) is 0 Å². The third-order valence-corrected chi connectivity index (χ3v) is 4.45. The number of benzene rings is 1. The quantitative estimate of drug-likeness (QED) is 0.346. The highest BCUT2D eigenvalue weighted by atomic mass is 127. The van der Waals surface area contributed by atoms with Crippen molar-refractivity contribution in [3.63, 3.8) is 0 Å². The molecular formula is C19H33FIN5O. The van der Waals surface area contributed by atoms with E-state index < -0.39 is 0 Å². The van der Waals surface area contributed by atoms with Crippen LogP contribution in [0.5, 0.6) is 5.75 Å². The van der Waals surface area contributed by atoms with Crippen LogP contribution in [0.4, 0.5) is 4.39 Å². The van der Waals surface area contributed by atoms with Crippen LogP contribution in [0.1, 0.15) is 13.3 Å². The van der Waals surface area contributed by atoms with E-state index in [4.69, 9.17) is 4.74 Å². The first-order valence-electron chi connectivity index (χ1n) is 9.34. The van der Waals surface area contributed by atoms with Gasteiger partial charge in [-0.15, -0.1) is 24.0 Å². The first kappa shape index (κ1) is 23.9. The summed E-state index contributed by atoms with van der Waals surface area (Å²) in [5.74, 6) is 1.000. The number of nitrogens with zero attached hydrogens (tertiary/aromatic N) is 3. The maximum Gasteiger partial charge on any atom is 0.191 e. The average Bonchev–Trinajstić information content (AvgIpc) is 2.82. The topological polar surface area (TPSA) is 52.1 Å². The van der Waals surface area contributed by atoms with E-state index in [-0.39, 0.29) is 35.9 Å². The molecule has 1 aromatic carbocycles. The van der Waals surface area contributed by atoms with Crippen molar-refractivity contribution in [2.45, 2.75) is 19.4 Å². The second-order valence-electron chi connectivity index (χ2n) is 6.76. The molecule has 0 bridgehead atoms. The van der Waals surface area contributed by atoms with Crippen LogP contribution in [-0.2, 0) is 0 Å². The lowest BCUT2D eigenvalue weighted by Crippen LogP contribution is -2.44. The van der Waals surface area contributed by atoms with Gasteiger partial charge in [0, 0.05) is 39.3 Å². The highest BCUT2D eigenvalue weighted by molar-refractivity contribution is 14.0. The van der Waals surface area contributed by atoms with Gasteiger partial charge in [-0.25, -0.2) is 4.39 Å². The minimum atomic E-state index is -0.292. The molecule has 2 rings (SSSR count). The van der Waals surface area contributed by atoms with Crippen LogP contribution in [-0.4, -0.2) is 81.8 Å². The second kappa shape index (κ2) is 13.1. The number of hydrogen-bond acceptors (Lipinski definition) is 4. The molecule has 1 unspecified atom stereocenters. The van der Waals surface area contributed by atoms with Gasteiger partial charge in [-0.2, -0.15) is 0 Å². The van der Waals surface area contributed by atoms with Crippen molar-refractivity contribution in [2.75, 3.05) is 59.9 Å². The van der Waals surface area contributed by atoms with Gasteiger partial charge in [-0.05, 0) is 45.6 Å². The molecule has 0 spiro atoms. The monoisotopic (exact) mass is 493 g/mol. The first-order chi connectivity index (χ1) is 12.6. The van der Waals surface area contributed by atoms with Gasteiger partial charge in [0.1, 0.15) is 17.7 Å². The number of likely N-dealkylation sites (N-methyl/N-ethyl adjacent to an activating group) is 1. The number of rotatable bonds is 7. The summed E-state index contributed by atoms with van der Waals surface area (Å²) in [6.07, 6.45) is 1.12. The zero-order valence-electron chi connectivity index (χ0n) is 16.6. The first-order valence-corrected chi connectivity index (χ1v) is 9.34. The van der Waals surface area contributed by atoms with Crippen molar-refractivity contribution in [2.24, 2.45) is 4.99 Å². The van der Waals surface area contributed by atoms with E-state index in [1.807, 2.05) is 6.92 Å². The smallest absolute Gasteiger partial charge is 0.191 e. The van der Waals surface area contributed by atoms with Crippen LogP contribution in [0.25, 0.3) is 0 Å². The van der Waals surface area contributed by atoms with E-state index in [9.17, 15) is 4.39 Å². The lowest BCUT2D eigenvalue weighted by Gasteiger charge is -2.21. The third-order valence-electron chi connectivity index (χ3n) is 4.45. The van der Waals surface area contributed by atoms with Crippen LogP contribution in [0, 0.1) is 5.82 Å². The van der Waals surface area contributed by atoms with Gasteiger partial charge in [0.25, 0.3) is 0 Å². The Morgan fingerprint density at radius 3 is 2.81 bits per heavy atom. The number of aliphatic imine (C=N–C) groups is 1. The number of halogens is 2. The van der Waals surface area contributed by atoms with Gasteiger partial charge >= 0.3 is 0 Å². The van der Waals surface area contributed by atoms with E-state index >= 15 is 0 Å². The summed E-state index contributed by atoms with van der Waals surface area (Å²) < 4.78 is 18.9. The zero-order chi connectivity index (χ0) is 18.8. The molecule has 0 aliphatic carbocycles. The van der Waals surface area contributed by atoms with Gasteiger partial charge in [-0.1, -0.05) is 6.07 Å². The second-order valence-corrected chi connectivity index (χ2v) is 6.76. The van der Waals surface area contributed by atoms with Crippen molar-refractivity contribution >= 4 is 29.9 Å². The molecular weight excluding hydrogens is 460 g/mol. The van der Waals surface area contributed by atoms with E-state index in [2.05, 4.69) is 32.5 Å². The van der Waals surface area contributed by atoms with Gasteiger partial charge in [0.15, 0.2) is 5.96 Å². The Labute approximate surface area is 179 Å². The molecule has 1 aliphatic rings. The van der Waals surface area contributed by atoms with E-state index in [1.54, 1.807) is 19.2 Å². The number of nitrogens with one attached hydrogen (secondary N) is 2. The van der Waals surface area contributed by atoms with Crippen molar-refractivity contribution in [1.82, 2.24) is 20.4 Å². The summed E-state index contributed by atoms with van der Waals surface area (Å²) in [6, 6.07) is 6.20. The zero-order valence-corrected chi connectivity index (χ0v) is 18.9. The molecule has 1 saturated heterocycles. The molecule has 0 amide bonds. The van der Waals surface area contributed by atoms with Crippen molar-refractivity contribution in [1.29, 1.82) is 0 Å². The van der Waals surface area contributed by atoms with Gasteiger partial charge in [0.05, 0.1) is 6.54 Å². The largest absolute Gasteiger partial charge is 0.489 e. The summed E-state index contributed by atoms with van der Waals surface area (Å²) in [7, 11) is 3.94. The molecule has 27 heavy (non-hydrogen) atoms. The summed E-state index contributed by atoms with van der Waals surface area (Å²) in [5.41, 5.74) is 0. The molecule has 0 radical (unpaired) electrons. The fourth-order valence-electron chi connectivity index (χ4n) is 2.93. The number of ether oxygens (including phenoxy) is 1. The lowest BCUT2D eigenvalue weighted by atomic mass is 10.3. The average molecular weight is 493 g/mol. The standard InChI is InChI=1S/C19H32FN5O.HI/c1-16(26-18-7-4-6-17(20)14-18)15-23-19(21-2)22-8-11-25-10-5-9-24(3)12-13-25;/h4,6-7,14,16H,5,8-13,15H2,1-3H3,(H2,21,22,23);1H. The Kier molecular flexibility index (Phi) is 11.6. The molecule has 0 aromatic heterocycles. The Balaban J connectivity index is 0.00000364. The van der Waals surface area contributed by atoms with Gasteiger partial charge in [-0.3, -0.25) is 4.99 Å². The fraction of sp³-hybridized carbons (Fsp3) is 0.632. The van der Waals surface area contributed by atoms with Crippen molar-refractivity contribution < 1.29 is 9.13 Å².